The van der Waals surface area contributed by atoms with Gasteiger partial charge in [-0.05, 0) is 69.4 Å². The molecule has 1 heterocycles. The van der Waals surface area contributed by atoms with Crippen LogP contribution in [0.15, 0.2) is 0 Å². The third-order valence-corrected chi connectivity index (χ3v) is 6.45. The van der Waals surface area contributed by atoms with Crippen LogP contribution in [0.25, 0.3) is 0 Å². The quantitative estimate of drug-likeness (QED) is 0.838. The first kappa shape index (κ1) is 17.2. The van der Waals surface area contributed by atoms with Crippen LogP contribution >= 0.6 is 0 Å². The maximum atomic E-state index is 10.4. The van der Waals surface area contributed by atoms with Crippen LogP contribution in [0.2, 0.25) is 0 Å². The number of likely N-dealkylation sites (tertiary alicyclic amines) is 1. The van der Waals surface area contributed by atoms with Gasteiger partial charge in [-0.1, -0.05) is 27.2 Å². The van der Waals surface area contributed by atoms with E-state index in [2.05, 4.69) is 25.7 Å². The highest BCUT2D eigenvalue weighted by atomic mass is 16.3. The average molecular weight is 296 g/mol. The fourth-order valence-corrected chi connectivity index (χ4v) is 4.47. The third-order valence-electron chi connectivity index (χ3n) is 6.45. The van der Waals surface area contributed by atoms with Crippen LogP contribution in [0, 0.1) is 17.3 Å². The second kappa shape index (κ2) is 6.55. The van der Waals surface area contributed by atoms with Gasteiger partial charge in [0.1, 0.15) is 0 Å². The van der Waals surface area contributed by atoms with Gasteiger partial charge in [0.2, 0.25) is 0 Å². The minimum absolute atomic E-state index is 0.427. The molecule has 1 aliphatic carbocycles. The average Bonchev–Trinajstić information content (AvgIpc) is 2.45. The molecule has 3 nitrogen and oxygen atoms in total. The topological polar surface area (TPSA) is 49.5 Å². The van der Waals surface area contributed by atoms with Crippen molar-refractivity contribution in [3.63, 3.8) is 0 Å². The summed E-state index contributed by atoms with van der Waals surface area (Å²) in [4.78, 5) is 2.55. The van der Waals surface area contributed by atoms with Gasteiger partial charge in [-0.25, -0.2) is 0 Å². The highest BCUT2D eigenvalue weighted by molar-refractivity contribution is 4.95. The van der Waals surface area contributed by atoms with E-state index in [1.165, 1.54) is 25.7 Å². The number of hydrogen-bond acceptors (Lipinski definition) is 3. The van der Waals surface area contributed by atoms with Crippen molar-refractivity contribution < 1.29 is 5.11 Å². The van der Waals surface area contributed by atoms with Crippen molar-refractivity contribution in [2.45, 2.75) is 77.9 Å². The van der Waals surface area contributed by atoms with Crippen molar-refractivity contribution in [3.05, 3.63) is 0 Å². The summed E-state index contributed by atoms with van der Waals surface area (Å²) in [5.74, 6) is 1.41. The molecule has 4 atom stereocenters. The van der Waals surface area contributed by atoms with Crippen LogP contribution < -0.4 is 5.73 Å². The summed E-state index contributed by atoms with van der Waals surface area (Å²) in [7, 11) is 0. The van der Waals surface area contributed by atoms with Gasteiger partial charge in [0.25, 0.3) is 0 Å². The highest BCUT2D eigenvalue weighted by Crippen LogP contribution is 2.44. The first-order valence-electron chi connectivity index (χ1n) is 8.95. The van der Waals surface area contributed by atoms with Gasteiger partial charge in [-0.3, -0.25) is 4.90 Å². The fourth-order valence-electron chi connectivity index (χ4n) is 4.47. The maximum Gasteiger partial charge on any atom is 0.0746 e. The monoisotopic (exact) mass is 296 g/mol. The molecule has 3 heteroatoms. The van der Waals surface area contributed by atoms with E-state index in [-0.39, 0.29) is 0 Å². The molecule has 0 aromatic rings. The molecule has 0 aromatic carbocycles. The van der Waals surface area contributed by atoms with Crippen molar-refractivity contribution >= 4 is 0 Å². The molecule has 4 unspecified atom stereocenters. The van der Waals surface area contributed by atoms with Gasteiger partial charge >= 0.3 is 0 Å². The van der Waals surface area contributed by atoms with Gasteiger partial charge in [-0.2, -0.15) is 0 Å². The van der Waals surface area contributed by atoms with E-state index in [1.807, 2.05) is 6.92 Å². The number of piperidine rings is 1. The minimum Gasteiger partial charge on any atom is -0.389 e. The van der Waals surface area contributed by atoms with Crippen molar-refractivity contribution in [1.82, 2.24) is 4.90 Å². The summed E-state index contributed by atoms with van der Waals surface area (Å²) in [6, 6.07) is 0.575. The molecule has 0 radical (unpaired) electrons. The lowest BCUT2D eigenvalue weighted by Crippen LogP contribution is -2.55. The molecule has 124 valence electrons. The second-order valence-electron chi connectivity index (χ2n) is 8.49. The Morgan fingerprint density at radius 2 is 2.05 bits per heavy atom. The molecule has 2 aliphatic rings. The lowest BCUT2D eigenvalue weighted by atomic mass is 9.65. The molecule has 2 fully saturated rings. The third kappa shape index (κ3) is 4.00. The summed E-state index contributed by atoms with van der Waals surface area (Å²) >= 11 is 0. The number of nitrogens with two attached hydrogens (primary N) is 1. The van der Waals surface area contributed by atoms with Crippen molar-refractivity contribution in [1.29, 1.82) is 0 Å². The Hall–Kier alpha value is -0.120. The Morgan fingerprint density at radius 1 is 1.33 bits per heavy atom. The van der Waals surface area contributed by atoms with Crippen LogP contribution in [0.3, 0.4) is 0 Å². The maximum absolute atomic E-state index is 10.4. The van der Waals surface area contributed by atoms with E-state index in [0.29, 0.717) is 17.4 Å². The van der Waals surface area contributed by atoms with E-state index in [0.717, 1.165) is 38.4 Å². The Balaban J connectivity index is 2.10. The molecule has 2 rings (SSSR count). The number of aliphatic hydroxyl groups is 1. The number of rotatable bonds is 4. The predicted octanol–water partition coefficient (Wildman–Crippen LogP) is 3.01. The summed E-state index contributed by atoms with van der Waals surface area (Å²) in [5.41, 5.74) is 5.98. The predicted molar refractivity (Wildman–Crippen MR) is 89.2 cm³/mol. The van der Waals surface area contributed by atoms with Gasteiger partial charge < -0.3 is 10.8 Å². The standard InChI is InChI=1S/C18H36N2O/c1-5-17(2,3)15-8-7-14(12-19)16(11-15)20-10-6-9-18(4,21)13-20/h14-16,21H,5-13,19H2,1-4H3. The van der Waals surface area contributed by atoms with E-state index >= 15 is 0 Å². The highest BCUT2D eigenvalue weighted by Gasteiger charge is 2.41. The minimum atomic E-state index is -0.509. The molecule has 0 spiro atoms. The molecule has 3 N–H and O–H groups in total. The number of β-amino-alcohol motifs (C(OH)–C–C–N with tert-alkyl or cyclic N) is 1. The molecule has 1 saturated carbocycles. The van der Waals surface area contributed by atoms with Crippen molar-refractivity contribution in [3.8, 4) is 0 Å². The Bertz CT molecular complexity index is 340. The number of hydrogen-bond donors (Lipinski definition) is 2. The summed E-state index contributed by atoms with van der Waals surface area (Å²) in [6.45, 7) is 11.9. The van der Waals surface area contributed by atoms with Gasteiger partial charge in [0.15, 0.2) is 0 Å². The van der Waals surface area contributed by atoms with E-state index < -0.39 is 5.60 Å². The van der Waals surface area contributed by atoms with Crippen molar-refractivity contribution in [2.24, 2.45) is 23.0 Å². The van der Waals surface area contributed by atoms with Gasteiger partial charge in [-0.15, -0.1) is 0 Å². The SMILES string of the molecule is CCC(C)(C)C1CCC(CN)C(N2CCCC(C)(O)C2)C1. The van der Waals surface area contributed by atoms with Crippen molar-refractivity contribution in [2.75, 3.05) is 19.6 Å². The first-order valence-corrected chi connectivity index (χ1v) is 8.95. The fraction of sp³-hybridized carbons (Fsp3) is 1.00. The van der Waals surface area contributed by atoms with E-state index in [4.69, 9.17) is 5.73 Å². The normalized spacial score (nSPS) is 39.4. The lowest BCUT2D eigenvalue weighted by Gasteiger charge is -2.49. The lowest BCUT2D eigenvalue weighted by molar-refractivity contribution is -0.0558. The smallest absolute Gasteiger partial charge is 0.0746 e. The Labute approximate surface area is 131 Å². The largest absolute Gasteiger partial charge is 0.389 e. The van der Waals surface area contributed by atoms with Crippen LogP contribution in [0.4, 0.5) is 0 Å². The van der Waals surface area contributed by atoms with Gasteiger partial charge in [0.05, 0.1) is 5.60 Å². The Kier molecular flexibility index (Phi) is 5.38. The van der Waals surface area contributed by atoms with Crippen LogP contribution in [0.5, 0.6) is 0 Å². The van der Waals surface area contributed by atoms with Crippen LogP contribution in [-0.4, -0.2) is 41.3 Å². The van der Waals surface area contributed by atoms with Crippen LogP contribution in [0.1, 0.15) is 66.2 Å². The summed E-state index contributed by atoms with van der Waals surface area (Å²) in [6.07, 6.45) is 7.14. The molecule has 0 aromatic heterocycles. The zero-order chi connectivity index (χ0) is 15.7. The molecule has 0 amide bonds. The zero-order valence-corrected chi connectivity index (χ0v) is 14.6. The molecular weight excluding hydrogens is 260 g/mol. The molecule has 1 aliphatic heterocycles. The van der Waals surface area contributed by atoms with E-state index in [1.54, 1.807) is 0 Å². The Morgan fingerprint density at radius 3 is 2.62 bits per heavy atom. The van der Waals surface area contributed by atoms with E-state index in [9.17, 15) is 5.11 Å². The summed E-state index contributed by atoms with van der Waals surface area (Å²) < 4.78 is 0. The summed E-state index contributed by atoms with van der Waals surface area (Å²) in [5, 5.41) is 10.4. The van der Waals surface area contributed by atoms with Gasteiger partial charge in [0, 0.05) is 12.6 Å². The zero-order valence-electron chi connectivity index (χ0n) is 14.6. The second-order valence-corrected chi connectivity index (χ2v) is 8.49. The number of nitrogens with zero attached hydrogens (tertiary/aromatic N) is 1. The molecule has 0 bridgehead atoms. The molecular formula is C18H36N2O. The first-order chi connectivity index (χ1) is 9.79. The van der Waals surface area contributed by atoms with Crippen LogP contribution in [-0.2, 0) is 0 Å². The molecule has 1 saturated heterocycles. The molecule has 21 heavy (non-hydrogen) atoms.